The van der Waals surface area contributed by atoms with E-state index in [0.717, 1.165) is 30.5 Å². The first kappa shape index (κ1) is 11.6. The molecule has 1 aliphatic carbocycles. The number of ether oxygens (including phenoxy) is 1. The molecule has 1 aliphatic rings. The largest absolute Gasteiger partial charge is 0.449 e. The Kier molecular flexibility index (Phi) is 3.75. The molecule has 1 aromatic rings. The summed E-state index contributed by atoms with van der Waals surface area (Å²) >= 11 is 0. The Balaban J connectivity index is 2.12. The second-order valence-corrected chi connectivity index (χ2v) is 3.90. The molecule has 0 heterocycles. The SMILES string of the molecule is CCOC(=O)NN=C1CCCc2ccccc21. The van der Waals surface area contributed by atoms with Gasteiger partial charge in [-0.05, 0) is 31.7 Å². The summed E-state index contributed by atoms with van der Waals surface area (Å²) in [5.41, 5.74) is 5.78. The van der Waals surface area contributed by atoms with Gasteiger partial charge in [-0.3, -0.25) is 0 Å². The van der Waals surface area contributed by atoms with Gasteiger partial charge in [0.2, 0.25) is 0 Å². The second-order valence-electron chi connectivity index (χ2n) is 3.90. The van der Waals surface area contributed by atoms with Crippen molar-refractivity contribution < 1.29 is 9.53 Å². The number of benzene rings is 1. The lowest BCUT2D eigenvalue weighted by Gasteiger charge is -2.17. The minimum Gasteiger partial charge on any atom is -0.449 e. The van der Waals surface area contributed by atoms with Crippen LogP contribution in [0.5, 0.6) is 0 Å². The van der Waals surface area contributed by atoms with Crippen LogP contribution in [0.4, 0.5) is 4.79 Å². The minimum atomic E-state index is -0.497. The standard InChI is InChI=1S/C13H16N2O2/c1-2-17-13(16)15-14-12-9-5-7-10-6-3-4-8-11(10)12/h3-4,6,8H,2,5,7,9H2,1H3,(H,15,16). The predicted octanol–water partition coefficient (Wildman–Crippen LogP) is 2.47. The smallest absolute Gasteiger partial charge is 0.427 e. The fourth-order valence-corrected chi connectivity index (χ4v) is 1.99. The summed E-state index contributed by atoms with van der Waals surface area (Å²) in [5, 5.41) is 4.14. The molecule has 0 atom stereocenters. The molecule has 0 aliphatic heterocycles. The number of carbonyl (C=O) groups is 1. The summed E-state index contributed by atoms with van der Waals surface area (Å²) in [5.74, 6) is 0. The van der Waals surface area contributed by atoms with E-state index in [-0.39, 0.29) is 0 Å². The second kappa shape index (κ2) is 5.48. The van der Waals surface area contributed by atoms with Gasteiger partial charge in [-0.15, -0.1) is 0 Å². The Morgan fingerprint density at radius 3 is 3.06 bits per heavy atom. The molecule has 4 nitrogen and oxygen atoms in total. The van der Waals surface area contributed by atoms with Crippen LogP contribution in [0.25, 0.3) is 0 Å². The van der Waals surface area contributed by atoms with Crippen molar-refractivity contribution in [1.29, 1.82) is 0 Å². The van der Waals surface area contributed by atoms with Crippen molar-refractivity contribution in [3.63, 3.8) is 0 Å². The van der Waals surface area contributed by atoms with Gasteiger partial charge in [0.15, 0.2) is 0 Å². The van der Waals surface area contributed by atoms with E-state index in [1.807, 2.05) is 18.2 Å². The van der Waals surface area contributed by atoms with Gasteiger partial charge in [0.05, 0.1) is 12.3 Å². The van der Waals surface area contributed by atoms with Gasteiger partial charge in [0, 0.05) is 5.56 Å². The van der Waals surface area contributed by atoms with Gasteiger partial charge in [0.25, 0.3) is 0 Å². The lowest BCUT2D eigenvalue weighted by molar-refractivity contribution is 0.152. The third kappa shape index (κ3) is 2.84. The lowest BCUT2D eigenvalue weighted by atomic mass is 9.90. The van der Waals surface area contributed by atoms with Crippen LogP contribution in [0.15, 0.2) is 29.4 Å². The van der Waals surface area contributed by atoms with Crippen molar-refractivity contribution in [1.82, 2.24) is 5.43 Å². The highest BCUT2D eigenvalue weighted by molar-refractivity contribution is 6.02. The summed E-state index contributed by atoms with van der Waals surface area (Å²) in [6.07, 6.45) is 2.54. The van der Waals surface area contributed by atoms with Crippen molar-refractivity contribution >= 4 is 11.8 Å². The van der Waals surface area contributed by atoms with Crippen molar-refractivity contribution in [2.75, 3.05) is 6.61 Å². The van der Waals surface area contributed by atoms with Crippen LogP contribution >= 0.6 is 0 Å². The quantitative estimate of drug-likeness (QED) is 0.796. The van der Waals surface area contributed by atoms with Crippen LogP contribution in [-0.4, -0.2) is 18.4 Å². The number of nitrogens with one attached hydrogen (secondary N) is 1. The zero-order valence-corrected chi connectivity index (χ0v) is 9.90. The zero-order chi connectivity index (χ0) is 12.1. The van der Waals surface area contributed by atoms with Crippen LogP contribution in [-0.2, 0) is 11.2 Å². The molecule has 0 spiro atoms. The van der Waals surface area contributed by atoms with Crippen LogP contribution in [0.3, 0.4) is 0 Å². The van der Waals surface area contributed by atoms with Gasteiger partial charge in [-0.2, -0.15) is 5.10 Å². The Morgan fingerprint density at radius 1 is 1.41 bits per heavy atom. The van der Waals surface area contributed by atoms with Gasteiger partial charge in [0.1, 0.15) is 0 Å². The van der Waals surface area contributed by atoms with Gasteiger partial charge in [-0.1, -0.05) is 24.3 Å². The first-order valence-electron chi connectivity index (χ1n) is 5.89. The Hall–Kier alpha value is -1.84. The summed E-state index contributed by atoms with van der Waals surface area (Å²) in [7, 11) is 0. The molecule has 1 amide bonds. The normalized spacial score (nSPS) is 16.4. The van der Waals surface area contributed by atoms with Crippen molar-refractivity contribution in [2.45, 2.75) is 26.2 Å². The number of amides is 1. The highest BCUT2D eigenvalue weighted by atomic mass is 16.5. The molecule has 0 fully saturated rings. The van der Waals surface area contributed by atoms with Gasteiger partial charge < -0.3 is 4.74 Å². The van der Waals surface area contributed by atoms with Gasteiger partial charge in [-0.25, -0.2) is 10.2 Å². The van der Waals surface area contributed by atoms with Crippen molar-refractivity contribution in [2.24, 2.45) is 5.10 Å². The Morgan fingerprint density at radius 2 is 2.24 bits per heavy atom. The molecule has 90 valence electrons. The molecule has 0 bridgehead atoms. The highest BCUT2D eigenvalue weighted by Crippen LogP contribution is 2.20. The van der Waals surface area contributed by atoms with E-state index in [9.17, 15) is 4.79 Å². The topological polar surface area (TPSA) is 50.7 Å². The maximum Gasteiger partial charge on any atom is 0.427 e. The maximum atomic E-state index is 11.2. The number of hydrogen-bond acceptors (Lipinski definition) is 3. The van der Waals surface area contributed by atoms with Crippen LogP contribution in [0.1, 0.15) is 30.9 Å². The predicted molar refractivity (Wildman–Crippen MR) is 66.1 cm³/mol. The average Bonchev–Trinajstić information content (AvgIpc) is 2.36. The van der Waals surface area contributed by atoms with Crippen LogP contribution in [0.2, 0.25) is 0 Å². The molecule has 0 aromatic heterocycles. The van der Waals surface area contributed by atoms with E-state index >= 15 is 0 Å². The summed E-state index contributed by atoms with van der Waals surface area (Å²) in [6, 6.07) is 8.17. The van der Waals surface area contributed by atoms with Crippen molar-refractivity contribution in [3.8, 4) is 0 Å². The van der Waals surface area contributed by atoms with Crippen LogP contribution in [0, 0.1) is 0 Å². The maximum absolute atomic E-state index is 11.2. The van der Waals surface area contributed by atoms with Crippen molar-refractivity contribution in [3.05, 3.63) is 35.4 Å². The number of fused-ring (bicyclic) bond motifs is 1. The monoisotopic (exact) mass is 232 g/mol. The van der Waals surface area contributed by atoms with E-state index in [4.69, 9.17) is 4.74 Å². The number of hydrogen-bond donors (Lipinski definition) is 1. The zero-order valence-electron chi connectivity index (χ0n) is 9.90. The third-order valence-corrected chi connectivity index (χ3v) is 2.75. The molecule has 0 radical (unpaired) electrons. The molecule has 2 rings (SSSR count). The molecule has 0 saturated heterocycles. The van der Waals surface area contributed by atoms with Crippen LogP contribution < -0.4 is 5.43 Å². The fraction of sp³-hybridized carbons (Fsp3) is 0.385. The fourth-order valence-electron chi connectivity index (χ4n) is 1.99. The van der Waals surface area contributed by atoms with E-state index < -0.39 is 6.09 Å². The average molecular weight is 232 g/mol. The van der Waals surface area contributed by atoms with E-state index in [0.29, 0.717) is 6.61 Å². The highest BCUT2D eigenvalue weighted by Gasteiger charge is 2.14. The number of carbonyl (C=O) groups excluding carboxylic acids is 1. The molecule has 0 unspecified atom stereocenters. The van der Waals surface area contributed by atoms with E-state index in [2.05, 4.69) is 16.6 Å². The molecular formula is C13H16N2O2. The molecule has 17 heavy (non-hydrogen) atoms. The third-order valence-electron chi connectivity index (χ3n) is 2.75. The number of hydrazone groups is 1. The van der Waals surface area contributed by atoms with Gasteiger partial charge >= 0.3 is 6.09 Å². The molecule has 1 N–H and O–H groups in total. The van der Waals surface area contributed by atoms with E-state index in [1.165, 1.54) is 5.56 Å². The first-order chi connectivity index (χ1) is 8.31. The lowest BCUT2D eigenvalue weighted by Crippen LogP contribution is -2.22. The molecular weight excluding hydrogens is 216 g/mol. The number of aryl methyl sites for hydroxylation is 1. The molecule has 0 saturated carbocycles. The molecule has 4 heteroatoms. The Bertz CT molecular complexity index is 441. The molecule has 1 aromatic carbocycles. The summed E-state index contributed by atoms with van der Waals surface area (Å²) < 4.78 is 4.76. The summed E-state index contributed by atoms with van der Waals surface area (Å²) in [6.45, 7) is 2.12. The first-order valence-corrected chi connectivity index (χ1v) is 5.89. The minimum absolute atomic E-state index is 0.354. The number of rotatable bonds is 2. The summed E-state index contributed by atoms with van der Waals surface area (Å²) in [4.78, 5) is 11.2. The number of nitrogens with zero attached hydrogens (tertiary/aromatic N) is 1. The Labute approximate surface area is 101 Å². The van der Waals surface area contributed by atoms with E-state index in [1.54, 1.807) is 6.92 Å².